The normalized spacial score (nSPS) is 15.9. The summed E-state index contributed by atoms with van der Waals surface area (Å²) < 4.78 is 15.6. The van der Waals surface area contributed by atoms with Crippen LogP contribution in [0.4, 0.5) is 4.79 Å². The third-order valence-corrected chi connectivity index (χ3v) is 5.01. The molecule has 1 unspecified atom stereocenters. The van der Waals surface area contributed by atoms with Crippen molar-refractivity contribution in [3.8, 4) is 5.75 Å². The smallest absolute Gasteiger partial charge is 0.338 e. The maximum Gasteiger partial charge on any atom is 0.338 e. The van der Waals surface area contributed by atoms with Crippen LogP contribution in [0, 0.1) is 0 Å². The first kappa shape index (κ1) is 22.0. The summed E-state index contributed by atoms with van der Waals surface area (Å²) in [5.74, 6) is -0.633. The monoisotopic (exact) mass is 443 g/mol. The first-order valence-corrected chi connectivity index (χ1v) is 10.3. The van der Waals surface area contributed by atoms with Gasteiger partial charge in [0.05, 0.1) is 31.0 Å². The lowest BCUT2D eigenvalue weighted by molar-refractivity contribution is -0.140. The van der Waals surface area contributed by atoms with Crippen molar-refractivity contribution in [2.24, 2.45) is 0 Å². The molecule has 1 aromatic carbocycles. The Bertz CT molecular complexity index is 999. The van der Waals surface area contributed by atoms with Gasteiger partial charge in [0, 0.05) is 17.7 Å². The van der Waals surface area contributed by atoms with Crippen LogP contribution in [0.1, 0.15) is 23.5 Å². The molecule has 1 aromatic heterocycles. The van der Waals surface area contributed by atoms with Crippen molar-refractivity contribution < 1.29 is 28.6 Å². The fourth-order valence-electron chi connectivity index (χ4n) is 2.88. The minimum atomic E-state index is -0.779. The van der Waals surface area contributed by atoms with Gasteiger partial charge in [0.2, 0.25) is 0 Å². The summed E-state index contributed by atoms with van der Waals surface area (Å²) in [6.07, 6.45) is 4.37. The van der Waals surface area contributed by atoms with E-state index in [9.17, 15) is 14.4 Å². The molecule has 0 saturated heterocycles. The zero-order chi connectivity index (χ0) is 22.2. The van der Waals surface area contributed by atoms with Crippen LogP contribution < -0.4 is 15.4 Å². The second-order valence-electron chi connectivity index (χ2n) is 6.23. The second kappa shape index (κ2) is 10.4. The number of nitrogens with one attached hydrogen (secondary N) is 2. The summed E-state index contributed by atoms with van der Waals surface area (Å²) in [5, 5.41) is 7.69. The summed E-state index contributed by atoms with van der Waals surface area (Å²) >= 11 is 1.37. The number of urea groups is 1. The van der Waals surface area contributed by atoms with E-state index in [4.69, 9.17) is 14.2 Å². The van der Waals surface area contributed by atoms with Crippen LogP contribution in [0.3, 0.4) is 0 Å². The molecule has 2 N–H and O–H groups in total. The van der Waals surface area contributed by atoms with Crippen molar-refractivity contribution in [2.45, 2.75) is 13.0 Å². The van der Waals surface area contributed by atoms with E-state index in [0.717, 1.165) is 0 Å². The Morgan fingerprint density at radius 3 is 2.65 bits per heavy atom. The number of methoxy groups -OCH3 is 1. The number of nitrogens with zero attached hydrogens (tertiary/aromatic N) is 1. The van der Waals surface area contributed by atoms with Gasteiger partial charge in [0.25, 0.3) is 0 Å². The van der Waals surface area contributed by atoms with E-state index in [1.165, 1.54) is 23.5 Å². The quantitative estimate of drug-likeness (QED) is 0.476. The maximum absolute atomic E-state index is 12.7. The lowest BCUT2D eigenvalue weighted by atomic mass is 9.95. The number of carbonyl (C=O) groups is 3. The summed E-state index contributed by atoms with van der Waals surface area (Å²) in [6.45, 7) is 1.52. The molecule has 0 fully saturated rings. The van der Waals surface area contributed by atoms with Gasteiger partial charge >= 0.3 is 18.0 Å². The highest BCUT2D eigenvalue weighted by molar-refractivity contribution is 7.10. The Labute approximate surface area is 182 Å². The van der Waals surface area contributed by atoms with Gasteiger partial charge in [-0.15, -0.1) is 11.3 Å². The largest absolute Gasteiger partial charge is 0.497 e. The Balaban J connectivity index is 1.85. The number of esters is 2. The standard InChI is InChI=1S/C21H21N3O6S/c1-3-29-20(26)18-15(12-30-17(25)9-8-16-22-10-11-31-16)23-21(27)24-19(18)13-4-6-14(28-2)7-5-13/h4-11,19H,3,12H2,1-2H3,(H2,23,24,27). The fraction of sp³-hybridized carbons (Fsp3) is 0.238. The number of benzene rings is 1. The van der Waals surface area contributed by atoms with Gasteiger partial charge in [0.15, 0.2) is 0 Å². The molecular formula is C21H21N3O6S. The van der Waals surface area contributed by atoms with E-state index in [0.29, 0.717) is 16.3 Å². The van der Waals surface area contributed by atoms with Crippen LogP contribution in [-0.2, 0) is 19.1 Å². The number of ether oxygens (including phenoxy) is 3. The number of amides is 2. The molecule has 0 spiro atoms. The lowest BCUT2D eigenvalue weighted by Crippen LogP contribution is -2.47. The maximum atomic E-state index is 12.7. The van der Waals surface area contributed by atoms with Crippen LogP contribution >= 0.6 is 11.3 Å². The Morgan fingerprint density at radius 1 is 1.23 bits per heavy atom. The Kier molecular flexibility index (Phi) is 7.39. The Morgan fingerprint density at radius 2 is 2.00 bits per heavy atom. The predicted octanol–water partition coefficient (Wildman–Crippen LogP) is 2.58. The molecule has 0 radical (unpaired) electrons. The molecule has 0 saturated carbocycles. The topological polar surface area (TPSA) is 116 Å². The number of hydrogen-bond acceptors (Lipinski definition) is 8. The molecule has 2 amide bonds. The molecule has 9 nitrogen and oxygen atoms in total. The first-order chi connectivity index (χ1) is 15.0. The Hall–Kier alpha value is -3.66. The number of aromatic nitrogens is 1. The zero-order valence-corrected chi connectivity index (χ0v) is 17.7. The van der Waals surface area contributed by atoms with Crippen LogP contribution in [0.25, 0.3) is 6.08 Å². The van der Waals surface area contributed by atoms with E-state index in [1.54, 1.807) is 49.9 Å². The number of carbonyl (C=O) groups excluding carboxylic acids is 3. The van der Waals surface area contributed by atoms with Gasteiger partial charge in [-0.2, -0.15) is 0 Å². The van der Waals surface area contributed by atoms with E-state index in [1.807, 2.05) is 0 Å². The molecular weight excluding hydrogens is 422 g/mol. The molecule has 1 atom stereocenters. The molecule has 1 aliphatic rings. The molecule has 0 bridgehead atoms. The van der Waals surface area contributed by atoms with Crippen molar-refractivity contribution in [2.75, 3.05) is 20.3 Å². The predicted molar refractivity (Wildman–Crippen MR) is 113 cm³/mol. The average Bonchev–Trinajstić information content (AvgIpc) is 3.29. The van der Waals surface area contributed by atoms with E-state index < -0.39 is 24.0 Å². The van der Waals surface area contributed by atoms with Crippen LogP contribution in [-0.4, -0.2) is 43.3 Å². The minimum Gasteiger partial charge on any atom is -0.497 e. The van der Waals surface area contributed by atoms with Gasteiger partial charge in [-0.25, -0.2) is 19.4 Å². The third kappa shape index (κ3) is 5.70. The highest BCUT2D eigenvalue weighted by atomic mass is 32.1. The summed E-state index contributed by atoms with van der Waals surface area (Å²) in [5.41, 5.74) is 0.952. The molecule has 3 rings (SSSR count). The summed E-state index contributed by atoms with van der Waals surface area (Å²) in [4.78, 5) is 41.0. The molecule has 31 heavy (non-hydrogen) atoms. The third-order valence-electron chi connectivity index (χ3n) is 4.27. The van der Waals surface area contributed by atoms with Crippen molar-refractivity contribution in [1.29, 1.82) is 0 Å². The summed E-state index contributed by atoms with van der Waals surface area (Å²) in [6, 6.07) is 5.59. The number of rotatable bonds is 8. The summed E-state index contributed by atoms with van der Waals surface area (Å²) in [7, 11) is 1.54. The van der Waals surface area contributed by atoms with Crippen LogP contribution in [0.15, 0.2) is 53.2 Å². The zero-order valence-electron chi connectivity index (χ0n) is 16.9. The molecule has 10 heteroatoms. The highest BCUT2D eigenvalue weighted by Crippen LogP contribution is 2.29. The van der Waals surface area contributed by atoms with Crippen LogP contribution in [0.2, 0.25) is 0 Å². The van der Waals surface area contributed by atoms with Crippen LogP contribution in [0.5, 0.6) is 5.75 Å². The lowest BCUT2D eigenvalue weighted by Gasteiger charge is -2.29. The number of thiazole rings is 1. The highest BCUT2D eigenvalue weighted by Gasteiger charge is 2.34. The van der Waals surface area contributed by atoms with Gasteiger partial charge in [-0.3, -0.25) is 0 Å². The SMILES string of the molecule is CCOC(=O)C1=C(COC(=O)C=Cc2nccs2)NC(=O)NC1c1ccc(OC)cc1. The molecule has 2 aromatic rings. The minimum absolute atomic E-state index is 0.148. The van der Waals surface area contributed by atoms with Gasteiger partial charge < -0.3 is 24.8 Å². The fourth-order valence-corrected chi connectivity index (χ4v) is 3.41. The number of hydrogen-bond donors (Lipinski definition) is 2. The van der Waals surface area contributed by atoms with E-state index in [2.05, 4.69) is 15.6 Å². The van der Waals surface area contributed by atoms with Crippen molar-refractivity contribution in [3.05, 3.63) is 63.8 Å². The van der Waals surface area contributed by atoms with Gasteiger partial charge in [-0.1, -0.05) is 12.1 Å². The van der Waals surface area contributed by atoms with Crippen molar-refractivity contribution in [1.82, 2.24) is 15.6 Å². The first-order valence-electron chi connectivity index (χ1n) is 9.37. The second-order valence-corrected chi connectivity index (χ2v) is 7.15. The molecule has 1 aliphatic heterocycles. The average molecular weight is 443 g/mol. The van der Waals surface area contributed by atoms with Crippen molar-refractivity contribution in [3.63, 3.8) is 0 Å². The van der Waals surface area contributed by atoms with Gasteiger partial charge in [0.1, 0.15) is 17.4 Å². The van der Waals surface area contributed by atoms with E-state index in [-0.39, 0.29) is 24.5 Å². The molecule has 2 heterocycles. The van der Waals surface area contributed by atoms with Gasteiger partial charge in [-0.05, 0) is 30.7 Å². The van der Waals surface area contributed by atoms with E-state index >= 15 is 0 Å². The molecule has 0 aliphatic carbocycles. The van der Waals surface area contributed by atoms with Crippen molar-refractivity contribution >= 4 is 35.4 Å². The molecule has 162 valence electrons.